The Morgan fingerprint density at radius 2 is 1.93 bits per heavy atom. The van der Waals surface area contributed by atoms with Gasteiger partial charge in [-0.3, -0.25) is 4.79 Å². The molecule has 2 fully saturated rings. The average Bonchev–Trinajstić information content (AvgIpc) is 2.72. The van der Waals surface area contributed by atoms with Crippen LogP contribution < -0.4 is 20.3 Å². The second kappa shape index (κ2) is 8.41. The Morgan fingerprint density at radius 1 is 1.21 bits per heavy atom. The molecule has 6 heteroatoms. The first-order valence-electron chi connectivity index (χ1n) is 10.2. The van der Waals surface area contributed by atoms with Gasteiger partial charge in [0.2, 0.25) is 5.91 Å². The van der Waals surface area contributed by atoms with Crippen LogP contribution in [0.2, 0.25) is 0 Å². The number of piperidine rings is 1. The van der Waals surface area contributed by atoms with E-state index < -0.39 is 0 Å². The number of anilines is 1. The van der Waals surface area contributed by atoms with Gasteiger partial charge in [-0.05, 0) is 61.2 Å². The Labute approximate surface area is 171 Å². The largest absolute Gasteiger partial charge is 0.497 e. The predicted octanol–water partition coefficient (Wildman–Crippen LogP) is 2.75. The molecule has 5 nitrogen and oxygen atoms in total. The lowest BCUT2D eigenvalue weighted by Gasteiger charge is -2.43. The summed E-state index contributed by atoms with van der Waals surface area (Å²) in [5.41, 5.74) is 1.77. The van der Waals surface area contributed by atoms with Crippen molar-refractivity contribution in [1.29, 1.82) is 0 Å². The highest BCUT2D eigenvalue weighted by molar-refractivity contribution is 5.85. The lowest BCUT2D eigenvalue weighted by atomic mass is 9.75. The normalized spacial score (nSPS) is 18.8. The highest BCUT2D eigenvalue weighted by atomic mass is 19.1. The molecule has 0 bridgehead atoms. The first kappa shape index (κ1) is 19.7. The number of nitrogens with zero attached hydrogens (tertiary/aromatic N) is 1. The maximum absolute atomic E-state index is 13.1. The minimum atomic E-state index is -0.388. The number of amides is 1. The zero-order chi connectivity index (χ0) is 20.3. The van der Waals surface area contributed by atoms with E-state index in [1.54, 1.807) is 7.11 Å². The number of hydrogen-bond donors (Lipinski definition) is 2. The quantitative estimate of drug-likeness (QED) is 0.787. The van der Waals surface area contributed by atoms with Crippen LogP contribution in [-0.4, -0.2) is 45.2 Å². The second-order valence-electron chi connectivity index (χ2n) is 8.12. The summed E-state index contributed by atoms with van der Waals surface area (Å²) >= 11 is 0. The van der Waals surface area contributed by atoms with Gasteiger partial charge in [0.05, 0.1) is 12.5 Å². The fourth-order valence-electron chi connectivity index (χ4n) is 4.24. The van der Waals surface area contributed by atoms with Crippen molar-refractivity contribution in [3.8, 4) is 5.75 Å². The van der Waals surface area contributed by atoms with Crippen LogP contribution in [0.15, 0.2) is 48.5 Å². The van der Waals surface area contributed by atoms with Crippen molar-refractivity contribution < 1.29 is 13.9 Å². The fraction of sp³-hybridized carbons (Fsp3) is 0.435. The number of nitrogens with one attached hydrogen (secondary N) is 2. The fourth-order valence-corrected chi connectivity index (χ4v) is 4.24. The first-order valence-corrected chi connectivity index (χ1v) is 10.2. The molecule has 154 valence electrons. The van der Waals surface area contributed by atoms with Crippen LogP contribution in [0, 0.1) is 11.2 Å². The monoisotopic (exact) mass is 397 g/mol. The zero-order valence-corrected chi connectivity index (χ0v) is 16.8. The van der Waals surface area contributed by atoms with Crippen molar-refractivity contribution in [2.24, 2.45) is 5.41 Å². The number of rotatable bonds is 6. The number of benzene rings is 2. The molecule has 2 N–H and O–H groups in total. The van der Waals surface area contributed by atoms with Crippen molar-refractivity contribution in [2.45, 2.75) is 25.3 Å². The molecule has 29 heavy (non-hydrogen) atoms. The Kier molecular flexibility index (Phi) is 5.72. The average molecular weight is 397 g/mol. The van der Waals surface area contributed by atoms with Crippen LogP contribution >= 0.6 is 0 Å². The van der Waals surface area contributed by atoms with E-state index in [4.69, 9.17) is 4.74 Å². The van der Waals surface area contributed by atoms with Gasteiger partial charge < -0.3 is 20.3 Å². The number of carbonyl (C=O) groups is 1. The Balaban J connectivity index is 1.34. The lowest BCUT2D eigenvalue weighted by molar-refractivity contribution is -0.134. The lowest BCUT2D eigenvalue weighted by Crippen LogP contribution is -2.64. The third-order valence-electron chi connectivity index (χ3n) is 6.11. The molecule has 0 atom stereocenters. The minimum Gasteiger partial charge on any atom is -0.497 e. The summed E-state index contributed by atoms with van der Waals surface area (Å²) in [6, 6.07) is 14.8. The maximum atomic E-state index is 13.1. The van der Waals surface area contributed by atoms with Gasteiger partial charge in [0.1, 0.15) is 11.6 Å². The zero-order valence-electron chi connectivity index (χ0n) is 16.8. The van der Waals surface area contributed by atoms with E-state index in [2.05, 4.69) is 21.6 Å². The SMILES string of the molecule is COc1cccc(CC2(C(=O)NC3CCN(c4ccc(F)cc4)CC3)CNC2)c1. The van der Waals surface area contributed by atoms with Crippen molar-refractivity contribution in [3.05, 3.63) is 59.9 Å². The summed E-state index contributed by atoms with van der Waals surface area (Å²) < 4.78 is 18.4. The van der Waals surface area contributed by atoms with Gasteiger partial charge in [0.25, 0.3) is 0 Å². The molecule has 0 aliphatic carbocycles. The van der Waals surface area contributed by atoms with Crippen LogP contribution in [-0.2, 0) is 11.2 Å². The standard InChI is InChI=1S/C23H28FN3O2/c1-29-21-4-2-3-17(13-21)14-23(15-25-16-23)22(28)26-19-9-11-27(12-10-19)20-7-5-18(24)6-8-20/h2-8,13,19,25H,9-12,14-16H2,1H3,(H,26,28). The number of methoxy groups -OCH3 is 1. The molecule has 0 unspecified atom stereocenters. The highest BCUT2D eigenvalue weighted by Crippen LogP contribution is 2.30. The molecular formula is C23H28FN3O2. The number of hydrogen-bond acceptors (Lipinski definition) is 4. The maximum Gasteiger partial charge on any atom is 0.229 e. The molecule has 2 aliphatic rings. The molecule has 0 spiro atoms. The van der Waals surface area contributed by atoms with Gasteiger partial charge in [-0.15, -0.1) is 0 Å². The smallest absolute Gasteiger partial charge is 0.229 e. The topological polar surface area (TPSA) is 53.6 Å². The summed E-state index contributed by atoms with van der Waals surface area (Å²) in [7, 11) is 1.66. The summed E-state index contributed by atoms with van der Waals surface area (Å²) in [6.07, 6.45) is 2.50. The van der Waals surface area contributed by atoms with Gasteiger partial charge in [0, 0.05) is 37.9 Å². The predicted molar refractivity (Wildman–Crippen MR) is 112 cm³/mol. The number of ether oxygens (including phenoxy) is 1. The van der Waals surface area contributed by atoms with E-state index in [0.29, 0.717) is 19.5 Å². The third kappa shape index (κ3) is 4.37. The Hall–Kier alpha value is -2.60. The van der Waals surface area contributed by atoms with Gasteiger partial charge >= 0.3 is 0 Å². The second-order valence-corrected chi connectivity index (χ2v) is 8.12. The molecular weight excluding hydrogens is 369 g/mol. The summed E-state index contributed by atoms with van der Waals surface area (Å²) in [6.45, 7) is 3.12. The molecule has 0 radical (unpaired) electrons. The minimum absolute atomic E-state index is 0.138. The van der Waals surface area contributed by atoms with Gasteiger partial charge in [-0.25, -0.2) is 4.39 Å². The molecule has 4 rings (SSSR count). The molecule has 2 aliphatic heterocycles. The molecule has 1 amide bonds. The van der Waals surface area contributed by atoms with Crippen LogP contribution in [0.3, 0.4) is 0 Å². The molecule has 2 aromatic rings. The molecule has 0 saturated carbocycles. The van der Waals surface area contributed by atoms with E-state index >= 15 is 0 Å². The van der Waals surface area contributed by atoms with Crippen LogP contribution in [0.25, 0.3) is 0 Å². The van der Waals surface area contributed by atoms with Crippen molar-refractivity contribution in [1.82, 2.24) is 10.6 Å². The van der Waals surface area contributed by atoms with Crippen LogP contribution in [0.5, 0.6) is 5.75 Å². The summed E-state index contributed by atoms with van der Waals surface area (Å²) in [5, 5.41) is 6.57. The summed E-state index contributed by atoms with van der Waals surface area (Å²) in [5.74, 6) is 0.740. The number of carbonyl (C=O) groups excluding carboxylic acids is 1. The van der Waals surface area contributed by atoms with Gasteiger partial charge in [-0.2, -0.15) is 0 Å². The molecule has 2 aromatic carbocycles. The Bertz CT molecular complexity index is 843. The van der Waals surface area contributed by atoms with E-state index in [1.807, 2.05) is 30.3 Å². The molecule has 2 heterocycles. The van der Waals surface area contributed by atoms with Crippen molar-refractivity contribution in [2.75, 3.05) is 38.2 Å². The Morgan fingerprint density at radius 3 is 2.55 bits per heavy atom. The van der Waals surface area contributed by atoms with E-state index in [0.717, 1.165) is 42.9 Å². The van der Waals surface area contributed by atoms with Crippen molar-refractivity contribution in [3.63, 3.8) is 0 Å². The van der Waals surface area contributed by atoms with Gasteiger partial charge in [0.15, 0.2) is 0 Å². The molecule has 2 saturated heterocycles. The van der Waals surface area contributed by atoms with Gasteiger partial charge in [-0.1, -0.05) is 12.1 Å². The number of halogens is 1. The van der Waals surface area contributed by atoms with Crippen molar-refractivity contribution >= 4 is 11.6 Å². The van der Waals surface area contributed by atoms with E-state index in [9.17, 15) is 9.18 Å². The van der Waals surface area contributed by atoms with E-state index in [-0.39, 0.29) is 23.2 Å². The van der Waals surface area contributed by atoms with Crippen LogP contribution in [0.4, 0.5) is 10.1 Å². The van der Waals surface area contributed by atoms with E-state index in [1.165, 1.54) is 12.1 Å². The summed E-state index contributed by atoms with van der Waals surface area (Å²) in [4.78, 5) is 15.4. The van der Waals surface area contributed by atoms with Crippen LogP contribution in [0.1, 0.15) is 18.4 Å². The molecule has 0 aromatic heterocycles. The third-order valence-corrected chi connectivity index (χ3v) is 6.11. The first-order chi connectivity index (χ1) is 14.1. The highest BCUT2D eigenvalue weighted by Gasteiger charge is 2.45.